The third kappa shape index (κ3) is 69.8. The summed E-state index contributed by atoms with van der Waals surface area (Å²) in [5.74, 6) is -0.135. The zero-order valence-corrected chi connectivity index (χ0v) is 58.5. The summed E-state index contributed by atoms with van der Waals surface area (Å²) in [6, 6.07) is -0.760. The maximum absolute atomic E-state index is 13.1. The van der Waals surface area contributed by atoms with Gasteiger partial charge in [-0.25, -0.2) is 4.57 Å². The lowest BCUT2D eigenvalue weighted by atomic mass is 10.0. The fourth-order valence-electron chi connectivity index (χ4n) is 11.6. The number of amides is 1. The fraction of sp³-hybridized carbons (Fsp3) is 0.882. The number of rotatable bonds is 70. The van der Waals surface area contributed by atoms with Crippen molar-refractivity contribution in [2.24, 2.45) is 0 Å². The first-order valence-corrected chi connectivity index (χ1v) is 39.0. The van der Waals surface area contributed by atoms with Gasteiger partial charge < -0.3 is 19.8 Å². The molecule has 0 spiro atoms. The third-order valence-electron chi connectivity index (χ3n) is 17.3. The molecule has 0 aliphatic rings. The number of hydrogen-bond donors (Lipinski definition) is 3. The summed E-state index contributed by atoms with van der Waals surface area (Å²) >= 11 is 0. The van der Waals surface area contributed by atoms with Gasteiger partial charge in [0.05, 0.1) is 39.9 Å². The highest BCUT2D eigenvalue weighted by molar-refractivity contribution is 7.47. The Labute approximate surface area is 530 Å². The molecule has 0 bridgehead atoms. The standard InChI is InChI=1S/C76H147N2O6P/c1-6-8-10-12-14-16-18-20-22-24-26-28-30-31-32-33-34-35-36-37-38-39-40-41-42-43-44-45-46-47-48-50-52-54-56-58-60-62-64-66-68-70-76(80)77-74(73-84-85(81,82)83-72-71-78(3,4)5)75(79)69-67-65-63-61-59-57-55-53-51-49-29-27-25-23-21-19-17-15-13-11-9-7-2/h8,10,14,16,20,22,26,28,74-75,79H,6-7,9,11-13,15,17-19,21,23-25,27,29-73H2,1-5H3,(H-,77,80,81,82)/p+1/b10-8-,16-14-,22-20-,28-26-. The third-order valence-corrected chi connectivity index (χ3v) is 18.3. The first-order valence-electron chi connectivity index (χ1n) is 37.5. The topological polar surface area (TPSA) is 105 Å². The van der Waals surface area contributed by atoms with Crippen LogP contribution in [0.4, 0.5) is 0 Å². The molecule has 0 aromatic rings. The number of phosphoric acid groups is 1. The number of allylic oxidation sites excluding steroid dienone is 8. The van der Waals surface area contributed by atoms with Crippen molar-refractivity contribution in [2.75, 3.05) is 40.9 Å². The van der Waals surface area contributed by atoms with Crippen LogP contribution in [0.25, 0.3) is 0 Å². The molecule has 9 heteroatoms. The zero-order chi connectivity index (χ0) is 61.9. The fourth-order valence-corrected chi connectivity index (χ4v) is 12.3. The van der Waals surface area contributed by atoms with E-state index in [-0.39, 0.29) is 19.1 Å². The van der Waals surface area contributed by atoms with E-state index < -0.39 is 20.0 Å². The Morgan fingerprint density at radius 3 is 1.04 bits per heavy atom. The molecule has 0 rings (SSSR count). The van der Waals surface area contributed by atoms with Crippen LogP contribution < -0.4 is 5.32 Å². The van der Waals surface area contributed by atoms with Gasteiger partial charge in [0.15, 0.2) is 0 Å². The predicted octanol–water partition coefficient (Wildman–Crippen LogP) is 24.2. The molecule has 0 aliphatic heterocycles. The molecule has 0 radical (unpaired) electrons. The highest BCUT2D eigenvalue weighted by Gasteiger charge is 2.28. The molecule has 3 unspecified atom stereocenters. The van der Waals surface area contributed by atoms with Crippen molar-refractivity contribution >= 4 is 13.7 Å². The van der Waals surface area contributed by atoms with Gasteiger partial charge in [0, 0.05) is 6.42 Å². The van der Waals surface area contributed by atoms with Crippen LogP contribution in [-0.4, -0.2) is 73.4 Å². The summed E-state index contributed by atoms with van der Waals surface area (Å²) in [6.07, 6.45) is 91.0. The molecule has 0 heterocycles. The van der Waals surface area contributed by atoms with Gasteiger partial charge >= 0.3 is 7.82 Å². The van der Waals surface area contributed by atoms with Crippen molar-refractivity contribution in [3.05, 3.63) is 48.6 Å². The summed E-state index contributed by atoms with van der Waals surface area (Å²) in [7, 11) is 1.64. The van der Waals surface area contributed by atoms with E-state index in [4.69, 9.17) is 9.05 Å². The molecule has 8 nitrogen and oxygen atoms in total. The van der Waals surface area contributed by atoms with E-state index in [0.29, 0.717) is 23.9 Å². The summed E-state index contributed by atoms with van der Waals surface area (Å²) in [5.41, 5.74) is 0. The lowest BCUT2D eigenvalue weighted by molar-refractivity contribution is -0.870. The number of carbonyl (C=O) groups is 1. The van der Waals surface area contributed by atoms with Gasteiger partial charge in [0.1, 0.15) is 13.2 Å². The average molecular weight is 1220 g/mol. The minimum absolute atomic E-state index is 0.0774. The number of likely N-dealkylation sites (N-methyl/N-ethyl adjacent to an activating group) is 1. The molecule has 502 valence electrons. The van der Waals surface area contributed by atoms with E-state index in [2.05, 4.69) is 67.8 Å². The van der Waals surface area contributed by atoms with Crippen LogP contribution in [-0.2, 0) is 18.4 Å². The van der Waals surface area contributed by atoms with Crippen LogP contribution in [0.1, 0.15) is 380 Å². The minimum atomic E-state index is -4.33. The highest BCUT2D eigenvalue weighted by atomic mass is 31.2. The van der Waals surface area contributed by atoms with Crippen molar-refractivity contribution in [1.82, 2.24) is 5.32 Å². The number of aliphatic hydroxyl groups is 1. The van der Waals surface area contributed by atoms with E-state index in [1.54, 1.807) is 0 Å². The molecule has 0 saturated carbocycles. The largest absolute Gasteiger partial charge is 0.472 e. The summed E-state index contributed by atoms with van der Waals surface area (Å²) in [4.78, 5) is 23.5. The van der Waals surface area contributed by atoms with Crippen molar-refractivity contribution in [2.45, 2.75) is 392 Å². The minimum Gasteiger partial charge on any atom is -0.391 e. The number of phosphoric ester groups is 1. The van der Waals surface area contributed by atoms with Gasteiger partial charge in [-0.1, -0.05) is 371 Å². The Balaban J connectivity index is 3.87. The number of carbonyl (C=O) groups excluding carboxylic acids is 1. The lowest BCUT2D eigenvalue weighted by Crippen LogP contribution is -2.46. The molecular formula is C76H148N2O6P+. The monoisotopic (exact) mass is 1220 g/mol. The van der Waals surface area contributed by atoms with Gasteiger partial charge in [-0.15, -0.1) is 0 Å². The number of quaternary nitrogens is 1. The second-order valence-electron chi connectivity index (χ2n) is 27.0. The molecule has 0 aromatic heterocycles. The Kier molecular flexibility index (Phi) is 65.7. The van der Waals surface area contributed by atoms with Gasteiger partial charge in [-0.2, -0.15) is 0 Å². The molecule has 1 amide bonds. The number of aliphatic hydroxyl groups excluding tert-OH is 1. The second kappa shape index (κ2) is 66.9. The Morgan fingerprint density at radius 2 is 0.706 bits per heavy atom. The number of nitrogens with zero attached hydrogens (tertiary/aromatic N) is 1. The van der Waals surface area contributed by atoms with Gasteiger partial charge in [-0.05, 0) is 51.4 Å². The maximum atomic E-state index is 13.1. The zero-order valence-electron chi connectivity index (χ0n) is 57.6. The molecule has 3 N–H and O–H groups in total. The molecule has 0 aliphatic carbocycles. The van der Waals surface area contributed by atoms with E-state index in [1.807, 2.05) is 21.1 Å². The first-order chi connectivity index (χ1) is 41.5. The summed E-state index contributed by atoms with van der Waals surface area (Å²) < 4.78 is 23.9. The molecule has 3 atom stereocenters. The number of nitrogens with one attached hydrogen (secondary N) is 1. The molecule has 85 heavy (non-hydrogen) atoms. The Morgan fingerprint density at radius 1 is 0.412 bits per heavy atom. The van der Waals surface area contributed by atoms with Crippen LogP contribution in [0.15, 0.2) is 48.6 Å². The molecular weight excluding hydrogens is 1070 g/mol. The van der Waals surface area contributed by atoms with E-state index in [9.17, 15) is 19.4 Å². The van der Waals surface area contributed by atoms with E-state index >= 15 is 0 Å². The quantitative estimate of drug-likeness (QED) is 0.0243. The summed E-state index contributed by atoms with van der Waals surface area (Å²) in [5, 5.41) is 14.2. The van der Waals surface area contributed by atoms with Crippen LogP contribution in [0, 0.1) is 0 Å². The van der Waals surface area contributed by atoms with Crippen molar-refractivity contribution in [3.8, 4) is 0 Å². The molecule has 0 fully saturated rings. The van der Waals surface area contributed by atoms with Crippen LogP contribution in [0.3, 0.4) is 0 Å². The van der Waals surface area contributed by atoms with Gasteiger partial charge in [0.25, 0.3) is 0 Å². The van der Waals surface area contributed by atoms with E-state index in [1.165, 1.54) is 289 Å². The number of unbranched alkanes of at least 4 members (excludes halogenated alkanes) is 49. The Bertz CT molecular complexity index is 1530. The normalized spacial score (nSPS) is 13.8. The highest BCUT2D eigenvalue weighted by Crippen LogP contribution is 2.43. The van der Waals surface area contributed by atoms with Gasteiger partial charge in [0.2, 0.25) is 5.91 Å². The molecule has 0 saturated heterocycles. The van der Waals surface area contributed by atoms with Crippen molar-refractivity contribution < 1.29 is 32.9 Å². The summed E-state index contributed by atoms with van der Waals surface area (Å²) in [6.45, 7) is 4.83. The van der Waals surface area contributed by atoms with Crippen molar-refractivity contribution in [1.29, 1.82) is 0 Å². The van der Waals surface area contributed by atoms with E-state index in [0.717, 1.165) is 64.2 Å². The first kappa shape index (κ1) is 83.5. The van der Waals surface area contributed by atoms with Gasteiger partial charge in [-0.3, -0.25) is 13.8 Å². The Hall–Kier alpha value is -1.54. The van der Waals surface area contributed by atoms with Crippen LogP contribution in [0.5, 0.6) is 0 Å². The SMILES string of the molecule is CC/C=C\C/C=C\C/C=C\C/C=C\CCCCCCCCCCCCCCCCCCCCCCCCCCCCCCC(=O)NC(COP(=O)(O)OCC[N+](C)(C)C)C(O)CCCCCCCCCCCCCCCCCCCCCCCC. The smallest absolute Gasteiger partial charge is 0.391 e. The van der Waals surface area contributed by atoms with Crippen LogP contribution >= 0.6 is 7.82 Å². The molecule has 0 aromatic carbocycles. The van der Waals surface area contributed by atoms with Crippen molar-refractivity contribution in [3.63, 3.8) is 0 Å². The predicted molar refractivity (Wildman–Crippen MR) is 374 cm³/mol. The average Bonchev–Trinajstić information content (AvgIpc) is 3.48. The number of hydrogen-bond acceptors (Lipinski definition) is 5. The maximum Gasteiger partial charge on any atom is 0.472 e. The van der Waals surface area contributed by atoms with Crippen LogP contribution in [0.2, 0.25) is 0 Å². The lowest BCUT2D eigenvalue weighted by Gasteiger charge is -2.26. The second-order valence-corrected chi connectivity index (χ2v) is 28.5.